The van der Waals surface area contributed by atoms with Crippen molar-refractivity contribution in [3.8, 4) is 0 Å². The molecule has 4 nitrogen and oxygen atoms in total. The van der Waals surface area contributed by atoms with Crippen LogP contribution in [0, 0.1) is 5.82 Å². The number of amides is 2. The van der Waals surface area contributed by atoms with E-state index in [1.165, 1.54) is 30.3 Å². The second-order valence-electron chi connectivity index (χ2n) is 4.95. The summed E-state index contributed by atoms with van der Waals surface area (Å²) in [5, 5.41) is 14.2. The van der Waals surface area contributed by atoms with E-state index in [2.05, 4.69) is 10.6 Å². The van der Waals surface area contributed by atoms with Crippen LogP contribution in [0.3, 0.4) is 0 Å². The number of alkyl halides is 3. The van der Waals surface area contributed by atoms with Gasteiger partial charge in [-0.2, -0.15) is 13.2 Å². The van der Waals surface area contributed by atoms with E-state index in [1.54, 1.807) is 0 Å². The molecular formula is C16H14F4N2O2. The number of para-hydroxylation sites is 1. The lowest BCUT2D eigenvalue weighted by Crippen LogP contribution is -2.33. The zero-order valence-electron chi connectivity index (χ0n) is 12.3. The molecule has 0 aromatic heterocycles. The van der Waals surface area contributed by atoms with E-state index in [0.717, 1.165) is 18.2 Å². The Balaban J connectivity index is 1.97. The van der Waals surface area contributed by atoms with Crippen LogP contribution in [0.2, 0.25) is 0 Å². The monoisotopic (exact) mass is 342 g/mol. The lowest BCUT2D eigenvalue weighted by molar-refractivity contribution is -0.136. The number of aliphatic hydroxyl groups excluding tert-OH is 1. The number of rotatable bonds is 4. The first kappa shape index (κ1) is 17.7. The summed E-state index contributed by atoms with van der Waals surface area (Å²) in [5.41, 5.74) is -1.14. The highest BCUT2D eigenvalue weighted by molar-refractivity contribution is 5.90. The predicted molar refractivity (Wildman–Crippen MR) is 79.8 cm³/mol. The van der Waals surface area contributed by atoms with Crippen molar-refractivity contribution in [2.75, 3.05) is 11.9 Å². The largest absolute Gasteiger partial charge is 0.418 e. The fourth-order valence-electron chi connectivity index (χ4n) is 2.03. The fraction of sp³-hybridized carbons (Fsp3) is 0.188. The molecule has 0 heterocycles. The van der Waals surface area contributed by atoms with Gasteiger partial charge >= 0.3 is 12.2 Å². The minimum atomic E-state index is -4.61. The standard InChI is InChI=1S/C16H14F4N2O2/c17-11-5-3-4-10(8-11)14(23)9-21-15(24)22-13-7-2-1-6-12(13)16(18,19)20/h1-8,14,23H,9H2,(H2,21,22,24)/t14-/m0/s1. The third kappa shape index (κ3) is 4.69. The molecule has 0 saturated heterocycles. The van der Waals surface area contributed by atoms with Crippen LogP contribution < -0.4 is 10.6 Å². The predicted octanol–water partition coefficient (Wildman–Crippen LogP) is 3.70. The Bertz CT molecular complexity index is 719. The summed E-state index contributed by atoms with van der Waals surface area (Å²) < 4.78 is 51.5. The van der Waals surface area contributed by atoms with Gasteiger partial charge in [0.2, 0.25) is 0 Å². The molecule has 0 radical (unpaired) electrons. The van der Waals surface area contributed by atoms with Crippen LogP contribution in [-0.4, -0.2) is 17.7 Å². The molecule has 0 aliphatic carbocycles. The molecule has 2 rings (SSSR count). The molecule has 0 aliphatic rings. The number of halogens is 4. The molecule has 0 unspecified atom stereocenters. The fourth-order valence-corrected chi connectivity index (χ4v) is 2.03. The highest BCUT2D eigenvalue weighted by Gasteiger charge is 2.33. The number of anilines is 1. The molecule has 24 heavy (non-hydrogen) atoms. The molecule has 2 amide bonds. The van der Waals surface area contributed by atoms with E-state index >= 15 is 0 Å². The second-order valence-corrected chi connectivity index (χ2v) is 4.95. The number of carbonyl (C=O) groups is 1. The molecular weight excluding hydrogens is 328 g/mol. The van der Waals surface area contributed by atoms with Crippen LogP contribution in [-0.2, 0) is 6.18 Å². The Morgan fingerprint density at radius 2 is 1.83 bits per heavy atom. The van der Waals surface area contributed by atoms with Crippen molar-refractivity contribution in [1.29, 1.82) is 0 Å². The Morgan fingerprint density at radius 3 is 2.50 bits per heavy atom. The van der Waals surface area contributed by atoms with Gasteiger partial charge in [-0.25, -0.2) is 9.18 Å². The Morgan fingerprint density at radius 1 is 1.12 bits per heavy atom. The van der Waals surface area contributed by atoms with E-state index < -0.39 is 35.4 Å². The Hall–Kier alpha value is -2.61. The molecule has 8 heteroatoms. The molecule has 128 valence electrons. The maximum atomic E-state index is 13.1. The van der Waals surface area contributed by atoms with Crippen molar-refractivity contribution in [1.82, 2.24) is 5.32 Å². The van der Waals surface area contributed by atoms with Gasteiger partial charge in [-0.15, -0.1) is 0 Å². The summed E-state index contributed by atoms with van der Waals surface area (Å²) in [4.78, 5) is 11.7. The van der Waals surface area contributed by atoms with Gasteiger partial charge in [0.15, 0.2) is 0 Å². The van der Waals surface area contributed by atoms with Crippen LogP contribution in [0.15, 0.2) is 48.5 Å². The van der Waals surface area contributed by atoms with Gasteiger partial charge in [0, 0.05) is 6.54 Å². The van der Waals surface area contributed by atoms with E-state index in [-0.39, 0.29) is 12.1 Å². The topological polar surface area (TPSA) is 61.4 Å². The van der Waals surface area contributed by atoms with Crippen molar-refractivity contribution in [2.45, 2.75) is 12.3 Å². The van der Waals surface area contributed by atoms with E-state index in [0.29, 0.717) is 0 Å². The van der Waals surface area contributed by atoms with Gasteiger partial charge in [-0.1, -0.05) is 24.3 Å². The van der Waals surface area contributed by atoms with Crippen LogP contribution in [0.1, 0.15) is 17.2 Å². The second kappa shape index (κ2) is 7.31. The molecule has 3 N–H and O–H groups in total. The molecule has 0 spiro atoms. The quantitative estimate of drug-likeness (QED) is 0.742. The van der Waals surface area contributed by atoms with Gasteiger partial charge in [-0.05, 0) is 29.8 Å². The van der Waals surface area contributed by atoms with E-state index in [9.17, 15) is 27.5 Å². The van der Waals surface area contributed by atoms with Gasteiger partial charge < -0.3 is 15.7 Å². The molecule has 0 saturated carbocycles. The summed E-state index contributed by atoms with van der Waals surface area (Å²) in [6.07, 6.45) is -5.80. The van der Waals surface area contributed by atoms with Crippen LogP contribution in [0.4, 0.5) is 28.0 Å². The van der Waals surface area contributed by atoms with Gasteiger partial charge in [-0.3, -0.25) is 0 Å². The number of hydrogen-bond donors (Lipinski definition) is 3. The first-order chi connectivity index (χ1) is 11.3. The minimum absolute atomic E-state index is 0.242. The van der Waals surface area contributed by atoms with Crippen molar-refractivity contribution >= 4 is 11.7 Å². The van der Waals surface area contributed by atoms with Gasteiger partial charge in [0.25, 0.3) is 0 Å². The average Bonchev–Trinajstić information content (AvgIpc) is 2.52. The summed E-state index contributed by atoms with van der Waals surface area (Å²) in [7, 11) is 0. The molecule has 0 aliphatic heterocycles. The van der Waals surface area contributed by atoms with Crippen molar-refractivity contribution in [2.24, 2.45) is 0 Å². The lowest BCUT2D eigenvalue weighted by Gasteiger charge is -2.15. The lowest BCUT2D eigenvalue weighted by atomic mass is 10.1. The van der Waals surface area contributed by atoms with Gasteiger partial charge in [0.05, 0.1) is 17.4 Å². The van der Waals surface area contributed by atoms with E-state index in [4.69, 9.17) is 0 Å². The zero-order valence-corrected chi connectivity index (χ0v) is 12.3. The number of nitrogens with one attached hydrogen (secondary N) is 2. The smallest absolute Gasteiger partial charge is 0.387 e. The highest BCUT2D eigenvalue weighted by atomic mass is 19.4. The maximum absolute atomic E-state index is 13.1. The number of benzene rings is 2. The van der Waals surface area contributed by atoms with Crippen molar-refractivity contribution < 1.29 is 27.5 Å². The molecule has 0 bridgehead atoms. The van der Waals surface area contributed by atoms with E-state index in [1.807, 2.05) is 0 Å². The summed E-state index contributed by atoms with van der Waals surface area (Å²) in [5.74, 6) is -0.546. The molecule has 0 fully saturated rings. The number of urea groups is 1. The summed E-state index contributed by atoms with van der Waals surface area (Å²) >= 11 is 0. The molecule has 2 aromatic carbocycles. The summed E-state index contributed by atoms with van der Waals surface area (Å²) in [6, 6.07) is 8.77. The summed E-state index contributed by atoms with van der Waals surface area (Å²) in [6.45, 7) is -0.288. The third-order valence-electron chi connectivity index (χ3n) is 3.17. The van der Waals surface area contributed by atoms with Crippen LogP contribution in [0.25, 0.3) is 0 Å². The minimum Gasteiger partial charge on any atom is -0.387 e. The first-order valence-electron chi connectivity index (χ1n) is 6.92. The van der Waals surface area contributed by atoms with Crippen LogP contribution >= 0.6 is 0 Å². The number of aliphatic hydroxyl groups is 1. The Kier molecular flexibility index (Phi) is 5.40. The normalized spacial score (nSPS) is 12.5. The molecule has 1 atom stereocenters. The first-order valence-corrected chi connectivity index (χ1v) is 6.92. The van der Waals surface area contributed by atoms with Crippen molar-refractivity contribution in [3.63, 3.8) is 0 Å². The number of hydrogen-bond acceptors (Lipinski definition) is 2. The molecule has 2 aromatic rings. The highest BCUT2D eigenvalue weighted by Crippen LogP contribution is 2.34. The average molecular weight is 342 g/mol. The van der Waals surface area contributed by atoms with Gasteiger partial charge in [0.1, 0.15) is 5.82 Å². The maximum Gasteiger partial charge on any atom is 0.418 e. The third-order valence-corrected chi connectivity index (χ3v) is 3.17. The zero-order chi connectivity index (χ0) is 17.7. The van der Waals surface area contributed by atoms with Crippen molar-refractivity contribution in [3.05, 3.63) is 65.5 Å². The Labute approximate surface area is 135 Å². The number of carbonyl (C=O) groups excluding carboxylic acids is 1. The van der Waals surface area contributed by atoms with Crippen LogP contribution in [0.5, 0.6) is 0 Å². The SMILES string of the molecule is O=C(NC[C@H](O)c1cccc(F)c1)Nc1ccccc1C(F)(F)F.